The summed E-state index contributed by atoms with van der Waals surface area (Å²) in [6, 6.07) is 24.5. The Morgan fingerprint density at radius 3 is 2.33 bits per heavy atom. The largest absolute Gasteiger partial charge is 0.319 e. The van der Waals surface area contributed by atoms with Crippen molar-refractivity contribution < 1.29 is 0 Å². The van der Waals surface area contributed by atoms with Crippen molar-refractivity contribution in [2.45, 2.75) is 6.54 Å². The zero-order chi connectivity index (χ0) is 16.5. The van der Waals surface area contributed by atoms with E-state index in [2.05, 4.69) is 56.9 Å². The Bertz CT molecular complexity index is 989. The quantitative estimate of drug-likeness (QED) is 0.404. The van der Waals surface area contributed by atoms with Gasteiger partial charge in [0.25, 0.3) is 0 Å². The first-order chi connectivity index (χ1) is 11.7. The summed E-state index contributed by atoms with van der Waals surface area (Å²) in [6.07, 6.45) is 0. The van der Waals surface area contributed by atoms with Crippen LogP contribution in [0.15, 0.2) is 77.3 Å². The molecule has 4 heteroatoms. The van der Waals surface area contributed by atoms with Crippen molar-refractivity contribution in [1.29, 1.82) is 0 Å². The van der Waals surface area contributed by atoms with Crippen molar-refractivity contribution in [3.63, 3.8) is 0 Å². The molecular formula is C20H14BrClN2. The van der Waals surface area contributed by atoms with Gasteiger partial charge in [-0.2, -0.15) is 0 Å². The second kappa shape index (κ2) is 6.42. The number of fused-ring (bicyclic) bond motifs is 1. The fraction of sp³-hybridized carbons (Fsp3) is 0.0500. The molecule has 0 amide bonds. The SMILES string of the molecule is Clc1ccc(Cn2c(-c3ccc(Br)cc3)nc3ccccc32)cc1. The normalized spacial score (nSPS) is 11.1. The van der Waals surface area contributed by atoms with Crippen LogP contribution in [0.3, 0.4) is 0 Å². The fourth-order valence-corrected chi connectivity index (χ4v) is 3.22. The zero-order valence-corrected chi connectivity index (χ0v) is 15.1. The van der Waals surface area contributed by atoms with E-state index in [0.29, 0.717) is 0 Å². The predicted molar refractivity (Wildman–Crippen MR) is 103 cm³/mol. The Morgan fingerprint density at radius 1 is 0.875 bits per heavy atom. The zero-order valence-electron chi connectivity index (χ0n) is 12.8. The number of imidazole rings is 1. The lowest BCUT2D eigenvalue weighted by molar-refractivity contribution is 0.834. The number of benzene rings is 3. The second-order valence-corrected chi connectivity index (χ2v) is 7.00. The summed E-state index contributed by atoms with van der Waals surface area (Å²) in [4.78, 5) is 4.85. The average molecular weight is 398 g/mol. The molecule has 0 radical (unpaired) electrons. The highest BCUT2D eigenvalue weighted by Crippen LogP contribution is 2.27. The lowest BCUT2D eigenvalue weighted by atomic mass is 10.2. The number of nitrogens with zero attached hydrogens (tertiary/aromatic N) is 2. The molecule has 0 spiro atoms. The highest BCUT2D eigenvalue weighted by atomic mass is 79.9. The number of hydrogen-bond donors (Lipinski definition) is 0. The van der Waals surface area contributed by atoms with Gasteiger partial charge < -0.3 is 4.57 Å². The molecule has 0 aliphatic carbocycles. The summed E-state index contributed by atoms with van der Waals surface area (Å²) < 4.78 is 3.31. The van der Waals surface area contributed by atoms with E-state index in [0.717, 1.165) is 38.5 Å². The summed E-state index contributed by atoms with van der Waals surface area (Å²) >= 11 is 9.50. The van der Waals surface area contributed by atoms with Crippen LogP contribution in [0.5, 0.6) is 0 Å². The monoisotopic (exact) mass is 396 g/mol. The molecule has 0 saturated carbocycles. The third-order valence-electron chi connectivity index (χ3n) is 4.01. The van der Waals surface area contributed by atoms with Gasteiger partial charge in [0, 0.05) is 21.6 Å². The van der Waals surface area contributed by atoms with Crippen LogP contribution in [0.1, 0.15) is 5.56 Å². The van der Waals surface area contributed by atoms with Gasteiger partial charge >= 0.3 is 0 Å². The standard InChI is InChI=1S/C20H14BrClN2/c21-16-9-7-15(8-10-16)20-23-18-3-1-2-4-19(18)24(20)13-14-5-11-17(22)12-6-14/h1-12H,13H2. The van der Waals surface area contributed by atoms with E-state index in [1.54, 1.807) is 0 Å². The van der Waals surface area contributed by atoms with E-state index >= 15 is 0 Å². The molecular weight excluding hydrogens is 384 g/mol. The maximum Gasteiger partial charge on any atom is 0.141 e. The third kappa shape index (κ3) is 2.97. The Morgan fingerprint density at radius 2 is 1.58 bits per heavy atom. The summed E-state index contributed by atoms with van der Waals surface area (Å²) in [7, 11) is 0. The Kier molecular flexibility index (Phi) is 4.13. The summed E-state index contributed by atoms with van der Waals surface area (Å²) in [6.45, 7) is 0.753. The molecule has 2 nitrogen and oxygen atoms in total. The van der Waals surface area contributed by atoms with E-state index in [9.17, 15) is 0 Å². The van der Waals surface area contributed by atoms with E-state index < -0.39 is 0 Å². The molecule has 0 atom stereocenters. The van der Waals surface area contributed by atoms with Gasteiger partial charge in [-0.1, -0.05) is 63.9 Å². The molecule has 4 rings (SSSR count). The minimum absolute atomic E-state index is 0.752. The predicted octanol–water partition coefficient (Wildman–Crippen LogP) is 6.17. The highest BCUT2D eigenvalue weighted by Gasteiger charge is 2.12. The number of hydrogen-bond acceptors (Lipinski definition) is 1. The van der Waals surface area contributed by atoms with Gasteiger partial charge in [0.2, 0.25) is 0 Å². The molecule has 0 aliphatic rings. The van der Waals surface area contributed by atoms with Crippen molar-refractivity contribution in [3.8, 4) is 11.4 Å². The first-order valence-corrected chi connectivity index (χ1v) is 8.83. The average Bonchev–Trinajstić information content (AvgIpc) is 2.96. The van der Waals surface area contributed by atoms with E-state index in [4.69, 9.17) is 16.6 Å². The van der Waals surface area contributed by atoms with Crippen LogP contribution in [0.2, 0.25) is 5.02 Å². The number of rotatable bonds is 3. The van der Waals surface area contributed by atoms with Crippen molar-refractivity contribution in [3.05, 3.63) is 87.9 Å². The van der Waals surface area contributed by atoms with Crippen molar-refractivity contribution in [1.82, 2.24) is 9.55 Å². The first kappa shape index (κ1) is 15.4. The molecule has 0 bridgehead atoms. The van der Waals surface area contributed by atoms with Crippen LogP contribution in [0.25, 0.3) is 22.4 Å². The third-order valence-corrected chi connectivity index (χ3v) is 4.79. The highest BCUT2D eigenvalue weighted by molar-refractivity contribution is 9.10. The minimum Gasteiger partial charge on any atom is -0.319 e. The molecule has 1 heterocycles. The van der Waals surface area contributed by atoms with Crippen LogP contribution in [0, 0.1) is 0 Å². The van der Waals surface area contributed by atoms with E-state index in [1.807, 2.05) is 36.4 Å². The van der Waals surface area contributed by atoms with Gasteiger partial charge in [-0.05, 0) is 42.0 Å². The van der Waals surface area contributed by atoms with E-state index in [-0.39, 0.29) is 0 Å². The molecule has 0 aliphatic heterocycles. The molecule has 118 valence electrons. The van der Waals surface area contributed by atoms with Gasteiger partial charge in [-0.3, -0.25) is 0 Å². The van der Waals surface area contributed by atoms with Crippen LogP contribution in [-0.2, 0) is 6.54 Å². The molecule has 0 saturated heterocycles. The molecule has 3 aromatic carbocycles. The van der Waals surface area contributed by atoms with Gasteiger partial charge in [-0.15, -0.1) is 0 Å². The molecule has 24 heavy (non-hydrogen) atoms. The van der Waals surface area contributed by atoms with Crippen LogP contribution >= 0.6 is 27.5 Å². The maximum atomic E-state index is 6.01. The lowest BCUT2D eigenvalue weighted by Crippen LogP contribution is -2.02. The first-order valence-electron chi connectivity index (χ1n) is 7.66. The van der Waals surface area contributed by atoms with E-state index in [1.165, 1.54) is 5.56 Å². The van der Waals surface area contributed by atoms with Gasteiger partial charge in [-0.25, -0.2) is 4.98 Å². The smallest absolute Gasteiger partial charge is 0.141 e. The Labute approximate surface area is 153 Å². The molecule has 4 aromatic rings. The topological polar surface area (TPSA) is 17.8 Å². The van der Waals surface area contributed by atoms with Crippen LogP contribution in [0.4, 0.5) is 0 Å². The number of para-hydroxylation sites is 2. The Balaban J connectivity index is 1.86. The molecule has 0 fully saturated rings. The summed E-state index contributed by atoms with van der Waals surface area (Å²) in [5.74, 6) is 0.971. The van der Waals surface area contributed by atoms with Gasteiger partial charge in [0.15, 0.2) is 0 Å². The Hall–Kier alpha value is -2.10. The van der Waals surface area contributed by atoms with Crippen molar-refractivity contribution in [2.24, 2.45) is 0 Å². The number of halogens is 2. The molecule has 1 aromatic heterocycles. The maximum absolute atomic E-state index is 6.01. The van der Waals surface area contributed by atoms with Crippen molar-refractivity contribution in [2.75, 3.05) is 0 Å². The summed E-state index contributed by atoms with van der Waals surface area (Å²) in [5.41, 5.74) is 4.43. The van der Waals surface area contributed by atoms with Crippen molar-refractivity contribution >= 4 is 38.6 Å². The lowest BCUT2D eigenvalue weighted by Gasteiger charge is -2.10. The molecule has 0 unspecified atom stereocenters. The fourth-order valence-electron chi connectivity index (χ4n) is 2.83. The minimum atomic E-state index is 0.752. The van der Waals surface area contributed by atoms with Crippen LogP contribution < -0.4 is 0 Å². The number of aromatic nitrogens is 2. The van der Waals surface area contributed by atoms with Gasteiger partial charge in [0.1, 0.15) is 5.82 Å². The molecule has 0 N–H and O–H groups in total. The summed E-state index contributed by atoms with van der Waals surface area (Å²) in [5, 5.41) is 0.752. The second-order valence-electron chi connectivity index (χ2n) is 5.64. The van der Waals surface area contributed by atoms with Gasteiger partial charge in [0.05, 0.1) is 11.0 Å². The van der Waals surface area contributed by atoms with Crippen LogP contribution in [-0.4, -0.2) is 9.55 Å².